The number of methoxy groups -OCH3 is 1. The molecule has 1 N–H and O–H groups in total. The Kier molecular flexibility index (Phi) is 3.40. The zero-order valence-electron chi connectivity index (χ0n) is 7.67. The highest BCUT2D eigenvalue weighted by Gasteiger charge is 2.17. The molecule has 0 saturated carbocycles. The number of ether oxygens (including phenoxy) is 1. The summed E-state index contributed by atoms with van der Waals surface area (Å²) < 4.78 is 4.52. The molecule has 0 bridgehead atoms. The summed E-state index contributed by atoms with van der Waals surface area (Å²) in [6.07, 6.45) is 1.72. The first kappa shape index (κ1) is 9.38. The Hall–Kier alpha value is -0.705. The molecule has 1 rings (SSSR count). The van der Waals surface area contributed by atoms with Crippen molar-refractivity contribution >= 4 is 14.1 Å². The molecule has 1 aliphatic heterocycles. The van der Waals surface area contributed by atoms with Crippen molar-refractivity contribution in [3.05, 3.63) is 0 Å². The molecule has 1 heterocycles. The number of piperidine rings is 1. The fourth-order valence-corrected chi connectivity index (χ4v) is 1.38. The molecule has 68 valence electrons. The van der Waals surface area contributed by atoms with Crippen molar-refractivity contribution < 1.29 is 9.53 Å². The van der Waals surface area contributed by atoms with Gasteiger partial charge in [-0.2, -0.15) is 0 Å². The average Bonchev–Trinajstić information content (AvgIpc) is 2.09. The molecular weight excluding hydrogens is 155 g/mol. The minimum absolute atomic E-state index is 0.300. The summed E-state index contributed by atoms with van der Waals surface area (Å²) in [4.78, 5) is 13.1. The Balaban J connectivity index is 2.21. The molecule has 0 aromatic rings. The van der Waals surface area contributed by atoms with Crippen LogP contribution >= 0.6 is 0 Å². The van der Waals surface area contributed by atoms with Crippen LogP contribution in [0.4, 0.5) is 4.79 Å². The minimum Gasteiger partial charge on any atom is -0.453 e. The SMILES string of the molecule is BN1CCC(NC(=O)OC)CC1. The van der Waals surface area contributed by atoms with E-state index in [4.69, 9.17) is 0 Å². The lowest BCUT2D eigenvalue weighted by Crippen LogP contribution is -2.43. The van der Waals surface area contributed by atoms with Gasteiger partial charge in [0.1, 0.15) is 0 Å². The van der Waals surface area contributed by atoms with Crippen molar-refractivity contribution in [3.63, 3.8) is 0 Å². The van der Waals surface area contributed by atoms with E-state index in [1.165, 1.54) is 7.11 Å². The molecular formula is C7H15BN2O2. The largest absolute Gasteiger partial charge is 0.453 e. The number of nitrogens with one attached hydrogen (secondary N) is 1. The Morgan fingerprint density at radius 2 is 2.17 bits per heavy atom. The Morgan fingerprint density at radius 1 is 1.58 bits per heavy atom. The van der Waals surface area contributed by atoms with E-state index in [0.717, 1.165) is 25.9 Å². The van der Waals surface area contributed by atoms with Gasteiger partial charge in [-0.3, -0.25) is 0 Å². The highest BCUT2D eigenvalue weighted by molar-refractivity contribution is 6.04. The fraction of sp³-hybridized carbons (Fsp3) is 0.857. The summed E-state index contributed by atoms with van der Waals surface area (Å²) in [6.45, 7) is 2.10. The molecule has 0 aromatic carbocycles. The zero-order chi connectivity index (χ0) is 8.97. The number of carbonyl (C=O) groups excluding carboxylic acids is 1. The van der Waals surface area contributed by atoms with E-state index in [1.54, 1.807) is 0 Å². The molecule has 0 aromatic heterocycles. The topological polar surface area (TPSA) is 41.6 Å². The first-order chi connectivity index (χ1) is 5.72. The van der Waals surface area contributed by atoms with Crippen molar-refractivity contribution in [2.24, 2.45) is 0 Å². The summed E-state index contributed by atoms with van der Waals surface area (Å²) in [5.41, 5.74) is 0. The summed E-state index contributed by atoms with van der Waals surface area (Å²) in [6, 6.07) is 0.300. The molecule has 0 unspecified atom stereocenters. The lowest BCUT2D eigenvalue weighted by molar-refractivity contribution is 0.161. The van der Waals surface area contributed by atoms with Gasteiger partial charge >= 0.3 is 6.09 Å². The second-order valence-corrected chi connectivity index (χ2v) is 3.21. The first-order valence-electron chi connectivity index (χ1n) is 4.25. The number of hydrogen-bond acceptors (Lipinski definition) is 3. The Bertz CT molecular complexity index is 157. The lowest BCUT2D eigenvalue weighted by Gasteiger charge is -2.29. The molecule has 0 aliphatic carbocycles. The van der Waals surface area contributed by atoms with Gasteiger partial charge in [-0.05, 0) is 25.9 Å². The third kappa shape index (κ3) is 2.73. The van der Waals surface area contributed by atoms with E-state index in [2.05, 4.69) is 22.8 Å². The first-order valence-corrected chi connectivity index (χ1v) is 4.25. The average molecular weight is 170 g/mol. The molecule has 4 nitrogen and oxygen atoms in total. The second-order valence-electron chi connectivity index (χ2n) is 3.21. The third-order valence-corrected chi connectivity index (χ3v) is 2.23. The minimum atomic E-state index is -0.315. The fourth-order valence-electron chi connectivity index (χ4n) is 1.38. The van der Waals surface area contributed by atoms with Crippen LogP contribution < -0.4 is 5.32 Å². The maximum absolute atomic E-state index is 10.8. The smallest absolute Gasteiger partial charge is 0.407 e. The molecule has 5 heteroatoms. The van der Waals surface area contributed by atoms with Gasteiger partial charge in [0.25, 0.3) is 0 Å². The molecule has 12 heavy (non-hydrogen) atoms. The summed E-state index contributed by atoms with van der Waals surface area (Å²) in [5.74, 6) is 0. The van der Waals surface area contributed by atoms with Crippen molar-refractivity contribution in [2.75, 3.05) is 20.2 Å². The van der Waals surface area contributed by atoms with Gasteiger partial charge in [0.15, 0.2) is 7.98 Å². The summed E-state index contributed by atoms with van der Waals surface area (Å²) in [5, 5.41) is 2.80. The third-order valence-electron chi connectivity index (χ3n) is 2.23. The van der Waals surface area contributed by atoms with Gasteiger partial charge < -0.3 is 14.9 Å². The predicted molar refractivity (Wildman–Crippen MR) is 48.7 cm³/mol. The van der Waals surface area contributed by atoms with Gasteiger partial charge in [-0.1, -0.05) is 0 Å². The number of rotatable bonds is 1. The highest BCUT2D eigenvalue weighted by atomic mass is 16.5. The van der Waals surface area contributed by atoms with Crippen LogP contribution in [0.15, 0.2) is 0 Å². The van der Waals surface area contributed by atoms with Crippen LogP contribution in [0.1, 0.15) is 12.8 Å². The van der Waals surface area contributed by atoms with E-state index in [-0.39, 0.29) is 6.09 Å². The quantitative estimate of drug-likeness (QED) is 0.532. The Labute approximate surface area is 73.7 Å². The van der Waals surface area contributed by atoms with Gasteiger partial charge in [-0.25, -0.2) is 4.79 Å². The number of carbonyl (C=O) groups is 1. The van der Waals surface area contributed by atoms with Gasteiger partial charge in [0.05, 0.1) is 7.11 Å². The van der Waals surface area contributed by atoms with Gasteiger partial charge in [0.2, 0.25) is 0 Å². The normalized spacial score (nSPS) is 20.4. The van der Waals surface area contributed by atoms with Crippen LogP contribution in [-0.4, -0.2) is 45.1 Å². The second kappa shape index (κ2) is 4.35. The van der Waals surface area contributed by atoms with Crippen LogP contribution in [-0.2, 0) is 4.74 Å². The maximum atomic E-state index is 10.8. The number of nitrogens with zero attached hydrogens (tertiary/aromatic N) is 1. The molecule has 1 saturated heterocycles. The highest BCUT2D eigenvalue weighted by Crippen LogP contribution is 2.07. The van der Waals surface area contributed by atoms with E-state index in [9.17, 15) is 4.79 Å². The van der Waals surface area contributed by atoms with E-state index < -0.39 is 0 Å². The predicted octanol–water partition coefficient (Wildman–Crippen LogP) is -0.645. The van der Waals surface area contributed by atoms with Crippen molar-refractivity contribution in [3.8, 4) is 0 Å². The summed E-state index contributed by atoms with van der Waals surface area (Å²) in [7, 11) is 3.48. The molecule has 0 spiro atoms. The maximum Gasteiger partial charge on any atom is 0.407 e. The lowest BCUT2D eigenvalue weighted by atomic mass is 10.0. The zero-order valence-corrected chi connectivity index (χ0v) is 7.67. The van der Waals surface area contributed by atoms with Crippen molar-refractivity contribution in [1.29, 1.82) is 0 Å². The number of amides is 1. The van der Waals surface area contributed by atoms with Crippen molar-refractivity contribution in [2.45, 2.75) is 18.9 Å². The standard InChI is InChI=1S/C7H15BN2O2/c1-12-7(11)9-6-2-4-10(8)5-3-6/h6H,2-5,8H2,1H3,(H,9,11). The Morgan fingerprint density at radius 3 is 2.67 bits per heavy atom. The van der Waals surface area contributed by atoms with Crippen LogP contribution in [0.25, 0.3) is 0 Å². The van der Waals surface area contributed by atoms with Crippen LogP contribution in [0.3, 0.4) is 0 Å². The molecule has 1 aliphatic rings. The van der Waals surface area contributed by atoms with Crippen LogP contribution in [0.5, 0.6) is 0 Å². The van der Waals surface area contributed by atoms with E-state index >= 15 is 0 Å². The van der Waals surface area contributed by atoms with E-state index in [1.807, 2.05) is 0 Å². The molecule has 1 fully saturated rings. The van der Waals surface area contributed by atoms with Gasteiger partial charge in [0, 0.05) is 6.04 Å². The van der Waals surface area contributed by atoms with Crippen LogP contribution in [0, 0.1) is 0 Å². The van der Waals surface area contributed by atoms with Gasteiger partial charge in [-0.15, -0.1) is 0 Å². The molecule has 0 atom stereocenters. The van der Waals surface area contributed by atoms with Crippen molar-refractivity contribution in [1.82, 2.24) is 10.1 Å². The number of alkyl carbamates (subject to hydrolysis) is 1. The molecule has 0 radical (unpaired) electrons. The summed E-state index contributed by atoms with van der Waals surface area (Å²) >= 11 is 0. The van der Waals surface area contributed by atoms with Crippen LogP contribution in [0.2, 0.25) is 0 Å². The number of hydrogen-bond donors (Lipinski definition) is 1. The molecule has 1 amide bonds. The van der Waals surface area contributed by atoms with E-state index in [0.29, 0.717) is 6.04 Å². The monoisotopic (exact) mass is 170 g/mol.